The Morgan fingerprint density at radius 1 is 1.43 bits per heavy atom. The third-order valence-corrected chi connectivity index (χ3v) is 3.05. The summed E-state index contributed by atoms with van der Waals surface area (Å²) < 4.78 is 11.0. The van der Waals surface area contributed by atoms with E-state index in [0.29, 0.717) is 16.2 Å². The second-order valence-corrected chi connectivity index (χ2v) is 4.64. The number of nitrogens with one attached hydrogen (secondary N) is 1. The number of methoxy groups -OCH3 is 1. The maximum atomic E-state index is 11.0. The quantitative estimate of drug-likeness (QED) is 0.650. The van der Waals surface area contributed by atoms with Crippen molar-refractivity contribution in [1.82, 2.24) is 9.97 Å². The van der Waals surface area contributed by atoms with Crippen LogP contribution in [0.15, 0.2) is 28.9 Å². The molecule has 2 aromatic rings. The maximum absolute atomic E-state index is 11.0. The summed E-state index contributed by atoms with van der Waals surface area (Å²) in [4.78, 5) is 18.6. The molecule has 9 heteroatoms. The normalized spacial score (nSPS) is 10.0. The third-order valence-electron chi connectivity index (χ3n) is 2.51. The fourth-order valence-corrected chi connectivity index (χ4v) is 1.77. The van der Waals surface area contributed by atoms with E-state index in [4.69, 9.17) is 9.47 Å². The number of anilines is 1. The predicted octanol–water partition coefficient (Wildman–Crippen LogP) is 2.99. The summed E-state index contributed by atoms with van der Waals surface area (Å²) in [5.74, 6) is 0.958. The van der Waals surface area contributed by atoms with E-state index in [2.05, 4.69) is 31.2 Å². The van der Waals surface area contributed by atoms with Gasteiger partial charge >= 0.3 is 5.69 Å². The second-order valence-electron chi connectivity index (χ2n) is 3.79. The number of hydrogen-bond donors (Lipinski definition) is 1. The molecule has 0 aliphatic heterocycles. The lowest BCUT2D eigenvalue weighted by Crippen LogP contribution is -2.00. The summed E-state index contributed by atoms with van der Waals surface area (Å²) in [5.41, 5.74) is -0.188. The van der Waals surface area contributed by atoms with Crippen molar-refractivity contribution in [2.24, 2.45) is 0 Å². The van der Waals surface area contributed by atoms with E-state index < -0.39 is 4.92 Å². The number of hydrogen-bond acceptors (Lipinski definition) is 7. The molecular formula is C12H11BrN4O4. The summed E-state index contributed by atoms with van der Waals surface area (Å²) in [6.45, 7) is 0. The Hall–Kier alpha value is -2.42. The molecule has 1 N–H and O–H groups in total. The lowest BCUT2D eigenvalue weighted by Gasteiger charge is -2.09. The fourth-order valence-electron chi connectivity index (χ4n) is 1.50. The standard InChI is InChI=1S/C12H11BrN4O4/c1-14-12-15-6-8(13)11(16-12)21-10-5-7(20-2)3-4-9(10)17(18)19/h3-6H,1-2H3,(H,14,15,16). The zero-order valence-electron chi connectivity index (χ0n) is 11.2. The van der Waals surface area contributed by atoms with Crippen LogP contribution in [-0.4, -0.2) is 29.0 Å². The highest BCUT2D eigenvalue weighted by atomic mass is 79.9. The average molecular weight is 355 g/mol. The van der Waals surface area contributed by atoms with Crippen molar-refractivity contribution in [3.05, 3.63) is 39.0 Å². The minimum absolute atomic E-state index is 0.0285. The van der Waals surface area contributed by atoms with Crippen LogP contribution in [0.2, 0.25) is 0 Å². The molecule has 0 unspecified atom stereocenters. The molecule has 0 bridgehead atoms. The van der Waals surface area contributed by atoms with Crippen molar-refractivity contribution in [3.8, 4) is 17.4 Å². The van der Waals surface area contributed by atoms with E-state index >= 15 is 0 Å². The van der Waals surface area contributed by atoms with Crippen LogP contribution in [0.3, 0.4) is 0 Å². The van der Waals surface area contributed by atoms with Gasteiger partial charge in [0, 0.05) is 19.2 Å². The number of nitro groups is 1. The minimum atomic E-state index is -0.539. The van der Waals surface area contributed by atoms with Gasteiger partial charge in [0.05, 0.1) is 22.7 Å². The van der Waals surface area contributed by atoms with Gasteiger partial charge in [-0.2, -0.15) is 4.98 Å². The van der Waals surface area contributed by atoms with Gasteiger partial charge in [0.25, 0.3) is 0 Å². The van der Waals surface area contributed by atoms with E-state index in [-0.39, 0.29) is 17.3 Å². The topological polar surface area (TPSA) is 99.4 Å². The molecule has 0 amide bonds. The minimum Gasteiger partial charge on any atom is -0.497 e. The zero-order chi connectivity index (χ0) is 15.4. The molecule has 0 fully saturated rings. The molecular weight excluding hydrogens is 344 g/mol. The molecule has 21 heavy (non-hydrogen) atoms. The summed E-state index contributed by atoms with van der Waals surface area (Å²) in [6.07, 6.45) is 1.49. The molecule has 1 heterocycles. The summed E-state index contributed by atoms with van der Waals surface area (Å²) in [7, 11) is 3.12. The Morgan fingerprint density at radius 3 is 2.81 bits per heavy atom. The fraction of sp³-hybridized carbons (Fsp3) is 0.167. The Morgan fingerprint density at radius 2 is 2.19 bits per heavy atom. The molecule has 8 nitrogen and oxygen atoms in total. The highest BCUT2D eigenvalue weighted by Crippen LogP contribution is 2.36. The Labute approximate surface area is 128 Å². The third kappa shape index (κ3) is 3.37. The number of ether oxygens (including phenoxy) is 2. The van der Waals surface area contributed by atoms with Crippen LogP contribution in [0.5, 0.6) is 17.4 Å². The molecule has 0 spiro atoms. The van der Waals surface area contributed by atoms with Gasteiger partial charge in [-0.15, -0.1) is 0 Å². The zero-order valence-corrected chi connectivity index (χ0v) is 12.7. The predicted molar refractivity (Wildman–Crippen MR) is 79.0 cm³/mol. The summed E-state index contributed by atoms with van der Waals surface area (Å²) in [6, 6.07) is 4.22. The molecule has 1 aromatic heterocycles. The van der Waals surface area contributed by atoms with Gasteiger partial charge in [-0.1, -0.05) is 0 Å². The maximum Gasteiger partial charge on any atom is 0.311 e. The van der Waals surface area contributed by atoms with Crippen LogP contribution in [-0.2, 0) is 0 Å². The molecule has 0 atom stereocenters. The molecule has 2 rings (SSSR count). The van der Waals surface area contributed by atoms with Gasteiger partial charge in [0.1, 0.15) is 5.75 Å². The van der Waals surface area contributed by atoms with E-state index in [1.54, 1.807) is 7.05 Å². The van der Waals surface area contributed by atoms with Gasteiger partial charge in [-0.05, 0) is 22.0 Å². The molecule has 0 radical (unpaired) electrons. The number of benzene rings is 1. The second kappa shape index (κ2) is 6.35. The molecule has 1 aromatic carbocycles. The average Bonchev–Trinajstić information content (AvgIpc) is 2.49. The monoisotopic (exact) mass is 354 g/mol. The Balaban J connectivity index is 2.44. The van der Waals surface area contributed by atoms with Crippen molar-refractivity contribution >= 4 is 27.6 Å². The van der Waals surface area contributed by atoms with Crippen molar-refractivity contribution < 1.29 is 14.4 Å². The van der Waals surface area contributed by atoms with Gasteiger partial charge in [0.15, 0.2) is 0 Å². The Kier molecular flexibility index (Phi) is 4.53. The molecule has 0 saturated heterocycles. The van der Waals surface area contributed by atoms with Crippen molar-refractivity contribution in [1.29, 1.82) is 0 Å². The first kappa shape index (κ1) is 15.0. The van der Waals surface area contributed by atoms with Crippen molar-refractivity contribution in [2.75, 3.05) is 19.5 Å². The van der Waals surface area contributed by atoms with Gasteiger partial charge < -0.3 is 14.8 Å². The van der Waals surface area contributed by atoms with E-state index in [1.807, 2.05) is 0 Å². The number of aromatic nitrogens is 2. The van der Waals surface area contributed by atoms with Crippen LogP contribution < -0.4 is 14.8 Å². The van der Waals surface area contributed by atoms with Gasteiger partial charge in [-0.3, -0.25) is 10.1 Å². The molecule has 0 saturated carbocycles. The lowest BCUT2D eigenvalue weighted by molar-refractivity contribution is -0.385. The number of nitro benzene ring substituents is 1. The van der Waals surface area contributed by atoms with Crippen molar-refractivity contribution in [2.45, 2.75) is 0 Å². The Bertz CT molecular complexity index is 680. The lowest BCUT2D eigenvalue weighted by atomic mass is 10.3. The first-order valence-corrected chi connectivity index (χ1v) is 6.55. The van der Waals surface area contributed by atoms with Gasteiger partial charge in [-0.25, -0.2) is 4.98 Å². The number of halogens is 1. The first-order valence-electron chi connectivity index (χ1n) is 5.75. The van der Waals surface area contributed by atoms with Crippen LogP contribution in [0, 0.1) is 10.1 Å². The number of nitrogens with zero attached hydrogens (tertiary/aromatic N) is 3. The molecule has 0 aliphatic rings. The largest absolute Gasteiger partial charge is 0.497 e. The molecule has 110 valence electrons. The van der Waals surface area contributed by atoms with Crippen LogP contribution in [0.25, 0.3) is 0 Å². The number of rotatable bonds is 5. The summed E-state index contributed by atoms with van der Waals surface area (Å²) >= 11 is 3.24. The van der Waals surface area contributed by atoms with Crippen LogP contribution >= 0.6 is 15.9 Å². The SMILES string of the molecule is CNc1ncc(Br)c(Oc2cc(OC)ccc2[N+](=O)[O-])n1. The molecule has 0 aliphatic carbocycles. The summed E-state index contributed by atoms with van der Waals surface area (Å²) in [5, 5.41) is 13.8. The highest BCUT2D eigenvalue weighted by Gasteiger charge is 2.19. The van der Waals surface area contributed by atoms with E-state index in [0.717, 1.165) is 0 Å². The first-order chi connectivity index (χ1) is 10.0. The highest BCUT2D eigenvalue weighted by molar-refractivity contribution is 9.10. The van der Waals surface area contributed by atoms with Crippen LogP contribution in [0.1, 0.15) is 0 Å². The smallest absolute Gasteiger partial charge is 0.311 e. The van der Waals surface area contributed by atoms with Crippen LogP contribution in [0.4, 0.5) is 11.6 Å². The van der Waals surface area contributed by atoms with Crippen molar-refractivity contribution in [3.63, 3.8) is 0 Å². The van der Waals surface area contributed by atoms with Gasteiger partial charge in [0.2, 0.25) is 17.6 Å². The van der Waals surface area contributed by atoms with E-state index in [9.17, 15) is 10.1 Å². The van der Waals surface area contributed by atoms with E-state index in [1.165, 1.54) is 31.5 Å².